The van der Waals surface area contributed by atoms with E-state index in [1.165, 1.54) is 23.5 Å². The topological polar surface area (TPSA) is 92.3 Å². The van der Waals surface area contributed by atoms with Crippen LogP contribution in [0.1, 0.15) is 36.0 Å². The van der Waals surface area contributed by atoms with Gasteiger partial charge in [-0.25, -0.2) is 13.4 Å². The minimum absolute atomic E-state index is 0.191. The van der Waals surface area contributed by atoms with Crippen LogP contribution in [0.4, 0.5) is 5.13 Å². The molecular formula is C25H30N4O5S2. The number of aromatic nitrogens is 1. The zero-order chi connectivity index (χ0) is 25.3. The number of carbonyl (C=O) groups is 1. The Labute approximate surface area is 215 Å². The number of anilines is 1. The third-order valence-corrected chi connectivity index (χ3v) is 9.38. The number of nitrogens with zero attached hydrogens (tertiary/aromatic N) is 4. The molecule has 36 heavy (non-hydrogen) atoms. The highest BCUT2D eigenvalue weighted by Gasteiger charge is 2.27. The average Bonchev–Trinajstić information content (AvgIpc) is 3.38. The Bertz CT molecular complexity index is 1310. The molecule has 2 aromatic carbocycles. The molecule has 1 saturated heterocycles. The molecule has 1 fully saturated rings. The molecule has 11 heteroatoms. The Morgan fingerprint density at radius 1 is 1.00 bits per heavy atom. The Kier molecular flexibility index (Phi) is 7.16. The number of carbonyl (C=O) groups excluding carboxylic acids is 1. The third kappa shape index (κ3) is 5.06. The van der Waals surface area contributed by atoms with E-state index >= 15 is 0 Å². The summed E-state index contributed by atoms with van der Waals surface area (Å²) in [5.41, 5.74) is 1.15. The van der Waals surface area contributed by atoms with Crippen LogP contribution in [-0.4, -0.2) is 75.6 Å². The van der Waals surface area contributed by atoms with Gasteiger partial charge in [0.2, 0.25) is 16.8 Å². The number of likely N-dealkylation sites (N-methyl/N-ethyl adjacent to an activating group) is 1. The van der Waals surface area contributed by atoms with Crippen molar-refractivity contribution in [2.45, 2.75) is 30.6 Å². The van der Waals surface area contributed by atoms with E-state index in [0.29, 0.717) is 48.4 Å². The van der Waals surface area contributed by atoms with E-state index < -0.39 is 10.0 Å². The number of hydrogen-bond donors (Lipinski definition) is 0. The van der Waals surface area contributed by atoms with Gasteiger partial charge in [0.1, 0.15) is 0 Å². The number of rotatable bonds is 7. The maximum atomic E-state index is 13.6. The van der Waals surface area contributed by atoms with Crippen LogP contribution in [0.5, 0.6) is 11.5 Å². The minimum atomic E-state index is -3.58. The van der Waals surface area contributed by atoms with Crippen molar-refractivity contribution >= 4 is 42.6 Å². The second-order valence-electron chi connectivity index (χ2n) is 9.27. The molecule has 3 aromatic rings. The first-order valence-electron chi connectivity index (χ1n) is 12.1. The largest absolute Gasteiger partial charge is 0.454 e. The van der Waals surface area contributed by atoms with Crippen LogP contribution in [0, 0.1) is 0 Å². The fourth-order valence-corrected chi connectivity index (χ4v) is 6.88. The monoisotopic (exact) mass is 530 g/mol. The molecule has 3 heterocycles. The first kappa shape index (κ1) is 24.9. The molecule has 0 radical (unpaired) electrons. The standard InChI is InChI=1S/C25H30N4O5S2/c1-27(2)13-14-29(25-26-20-15-21-22(34-17-33-21)16-23(20)35-25)24(30)18-7-9-19(10-8-18)36(31,32)28-11-5-3-4-6-12-28/h7-10,15-16H,3-6,11-14,17H2,1-2H3. The quantitative estimate of drug-likeness (QED) is 0.459. The normalized spacial score (nSPS) is 16.4. The summed E-state index contributed by atoms with van der Waals surface area (Å²) in [4.78, 5) is 22.2. The molecule has 0 unspecified atom stereocenters. The molecule has 0 saturated carbocycles. The van der Waals surface area contributed by atoms with Crippen LogP contribution < -0.4 is 14.4 Å². The summed E-state index contributed by atoms with van der Waals surface area (Å²) in [5.74, 6) is 1.09. The second kappa shape index (κ2) is 10.3. The summed E-state index contributed by atoms with van der Waals surface area (Å²) in [5, 5.41) is 0.571. The lowest BCUT2D eigenvalue weighted by atomic mass is 10.2. The number of thiazole rings is 1. The van der Waals surface area contributed by atoms with Gasteiger partial charge in [0.05, 0.1) is 15.1 Å². The first-order valence-corrected chi connectivity index (χ1v) is 14.4. The zero-order valence-corrected chi connectivity index (χ0v) is 22.1. The van der Waals surface area contributed by atoms with E-state index in [4.69, 9.17) is 14.5 Å². The lowest BCUT2D eigenvalue weighted by molar-refractivity contribution is 0.0985. The highest BCUT2D eigenvalue weighted by atomic mass is 32.2. The van der Waals surface area contributed by atoms with Crippen molar-refractivity contribution in [2.24, 2.45) is 0 Å². The molecule has 1 amide bonds. The summed E-state index contributed by atoms with van der Waals surface area (Å²) in [7, 11) is 0.318. The third-order valence-electron chi connectivity index (χ3n) is 6.42. The number of ether oxygens (including phenoxy) is 2. The minimum Gasteiger partial charge on any atom is -0.454 e. The van der Waals surface area contributed by atoms with Crippen LogP contribution >= 0.6 is 11.3 Å². The molecule has 0 N–H and O–H groups in total. The number of amides is 1. The van der Waals surface area contributed by atoms with Gasteiger partial charge in [0.15, 0.2) is 16.6 Å². The Balaban J connectivity index is 1.41. The van der Waals surface area contributed by atoms with Crippen molar-refractivity contribution in [2.75, 3.05) is 52.0 Å². The van der Waals surface area contributed by atoms with Crippen molar-refractivity contribution < 1.29 is 22.7 Å². The van der Waals surface area contributed by atoms with Gasteiger partial charge >= 0.3 is 0 Å². The lowest BCUT2D eigenvalue weighted by Crippen LogP contribution is -2.36. The summed E-state index contributed by atoms with van der Waals surface area (Å²) >= 11 is 1.41. The maximum Gasteiger partial charge on any atom is 0.260 e. The molecule has 0 aliphatic carbocycles. The molecule has 0 spiro atoms. The van der Waals surface area contributed by atoms with Crippen LogP contribution in [0.2, 0.25) is 0 Å². The lowest BCUT2D eigenvalue weighted by Gasteiger charge is -2.22. The van der Waals surface area contributed by atoms with Gasteiger partial charge < -0.3 is 14.4 Å². The van der Waals surface area contributed by atoms with Gasteiger partial charge in [-0.05, 0) is 51.2 Å². The molecule has 0 atom stereocenters. The van der Waals surface area contributed by atoms with Crippen LogP contribution in [0.15, 0.2) is 41.3 Å². The fourth-order valence-electron chi connectivity index (χ4n) is 4.36. The number of sulfonamides is 1. The summed E-state index contributed by atoms with van der Waals surface area (Å²) in [6, 6.07) is 9.98. The summed E-state index contributed by atoms with van der Waals surface area (Å²) in [6.07, 6.45) is 3.85. The van der Waals surface area contributed by atoms with E-state index in [9.17, 15) is 13.2 Å². The van der Waals surface area contributed by atoms with Crippen molar-refractivity contribution in [3.63, 3.8) is 0 Å². The van der Waals surface area contributed by atoms with Crippen molar-refractivity contribution in [1.82, 2.24) is 14.2 Å². The van der Waals surface area contributed by atoms with E-state index in [0.717, 1.165) is 35.9 Å². The molecule has 2 aliphatic heterocycles. The second-order valence-corrected chi connectivity index (χ2v) is 12.2. The molecule has 9 nitrogen and oxygen atoms in total. The van der Waals surface area contributed by atoms with E-state index in [1.54, 1.807) is 21.3 Å². The highest BCUT2D eigenvalue weighted by molar-refractivity contribution is 7.89. The zero-order valence-electron chi connectivity index (χ0n) is 20.5. The Morgan fingerprint density at radius 2 is 1.67 bits per heavy atom. The predicted octanol–water partition coefficient (Wildman–Crippen LogP) is 3.80. The van der Waals surface area contributed by atoms with Gasteiger partial charge in [0.25, 0.3) is 5.91 Å². The van der Waals surface area contributed by atoms with Crippen molar-refractivity contribution in [3.8, 4) is 11.5 Å². The van der Waals surface area contributed by atoms with Crippen LogP contribution in [0.3, 0.4) is 0 Å². The van der Waals surface area contributed by atoms with Gasteiger partial charge in [-0.3, -0.25) is 9.69 Å². The smallest absolute Gasteiger partial charge is 0.260 e. The van der Waals surface area contributed by atoms with Crippen LogP contribution in [0.25, 0.3) is 10.2 Å². The number of benzene rings is 2. The average molecular weight is 531 g/mol. The first-order chi connectivity index (χ1) is 17.3. The van der Waals surface area contributed by atoms with E-state index in [-0.39, 0.29) is 17.6 Å². The van der Waals surface area contributed by atoms with E-state index in [1.807, 2.05) is 31.1 Å². The SMILES string of the molecule is CN(C)CCN(C(=O)c1ccc(S(=O)(=O)N2CCCCCC2)cc1)c1nc2cc3c(cc2s1)OCO3. The molecule has 2 aliphatic rings. The van der Waals surface area contributed by atoms with Gasteiger partial charge in [0, 0.05) is 43.9 Å². The van der Waals surface area contributed by atoms with E-state index in [2.05, 4.69) is 0 Å². The van der Waals surface area contributed by atoms with Crippen LogP contribution in [-0.2, 0) is 10.0 Å². The maximum absolute atomic E-state index is 13.6. The Morgan fingerprint density at radius 3 is 2.33 bits per heavy atom. The van der Waals surface area contributed by atoms with Gasteiger partial charge in [-0.1, -0.05) is 24.2 Å². The molecular weight excluding hydrogens is 500 g/mol. The number of fused-ring (bicyclic) bond motifs is 2. The fraction of sp³-hybridized carbons (Fsp3) is 0.440. The predicted molar refractivity (Wildman–Crippen MR) is 140 cm³/mol. The Hall–Kier alpha value is -2.73. The molecule has 0 bridgehead atoms. The van der Waals surface area contributed by atoms with Gasteiger partial charge in [-0.2, -0.15) is 4.31 Å². The molecule has 192 valence electrons. The molecule has 5 rings (SSSR count). The van der Waals surface area contributed by atoms with Gasteiger partial charge in [-0.15, -0.1) is 0 Å². The summed E-state index contributed by atoms with van der Waals surface area (Å²) in [6.45, 7) is 2.35. The highest BCUT2D eigenvalue weighted by Crippen LogP contribution is 2.40. The van der Waals surface area contributed by atoms with Crippen molar-refractivity contribution in [1.29, 1.82) is 0 Å². The number of hydrogen-bond acceptors (Lipinski definition) is 8. The van der Waals surface area contributed by atoms with Crippen molar-refractivity contribution in [3.05, 3.63) is 42.0 Å². The summed E-state index contributed by atoms with van der Waals surface area (Å²) < 4.78 is 39.7. The molecule has 1 aromatic heterocycles.